The molecule has 3 unspecified atom stereocenters. The quantitative estimate of drug-likeness (QED) is 0.0272. The Morgan fingerprint density at radius 1 is 0.522 bits per heavy atom. The summed E-state index contributed by atoms with van der Waals surface area (Å²) >= 11 is 0. The molecule has 0 saturated carbocycles. The second kappa shape index (κ2) is 51.1. The van der Waals surface area contributed by atoms with Gasteiger partial charge in [0.05, 0.1) is 39.9 Å². The van der Waals surface area contributed by atoms with Crippen molar-refractivity contribution >= 4 is 13.7 Å². The zero-order chi connectivity index (χ0) is 50.6. The van der Waals surface area contributed by atoms with Crippen LogP contribution in [0.5, 0.6) is 0 Å². The average Bonchev–Trinajstić information content (AvgIpc) is 3.31. The van der Waals surface area contributed by atoms with Gasteiger partial charge in [0.2, 0.25) is 5.91 Å². The molecule has 0 aromatic carbocycles. The van der Waals surface area contributed by atoms with Crippen LogP contribution in [0.2, 0.25) is 0 Å². The number of unbranched alkanes of at least 4 members (excludes halogenated alkanes) is 30. The first-order valence-corrected chi connectivity index (χ1v) is 30.6. The van der Waals surface area contributed by atoms with Crippen LogP contribution in [0.4, 0.5) is 0 Å². The van der Waals surface area contributed by atoms with E-state index in [1.165, 1.54) is 167 Å². The number of aliphatic hydroxyl groups excluding tert-OH is 1. The zero-order valence-corrected chi connectivity index (χ0v) is 46.9. The number of nitrogens with zero attached hydrogens (tertiary/aromatic N) is 1. The summed E-state index contributed by atoms with van der Waals surface area (Å²) in [5.41, 5.74) is 0. The van der Waals surface area contributed by atoms with Crippen molar-refractivity contribution in [2.75, 3.05) is 40.9 Å². The van der Waals surface area contributed by atoms with Crippen molar-refractivity contribution in [1.29, 1.82) is 0 Å². The van der Waals surface area contributed by atoms with Crippen molar-refractivity contribution in [2.24, 2.45) is 0 Å². The largest absolute Gasteiger partial charge is 0.756 e. The van der Waals surface area contributed by atoms with Crippen LogP contribution in [0.15, 0.2) is 60.8 Å². The summed E-state index contributed by atoms with van der Waals surface area (Å²) < 4.78 is 23.4. The molecule has 0 aromatic heterocycles. The highest BCUT2D eigenvalue weighted by molar-refractivity contribution is 7.45. The molecule has 0 bridgehead atoms. The number of nitrogens with one attached hydrogen (secondary N) is 1. The van der Waals surface area contributed by atoms with E-state index in [9.17, 15) is 19.4 Å². The molecule has 3 atom stereocenters. The molecule has 0 aromatic rings. The Kier molecular flexibility index (Phi) is 49.8. The summed E-state index contributed by atoms with van der Waals surface area (Å²) in [4.78, 5) is 25.5. The molecule has 0 saturated heterocycles. The fraction of sp³-hybridized carbons (Fsp3) is 0.817. The fourth-order valence-electron chi connectivity index (χ4n) is 8.48. The second-order valence-corrected chi connectivity index (χ2v) is 22.4. The molecule has 8 nitrogen and oxygen atoms in total. The summed E-state index contributed by atoms with van der Waals surface area (Å²) in [6.07, 6.45) is 68.2. The molecular formula is C60H113N2O6P. The molecule has 1 amide bonds. The molecule has 404 valence electrons. The van der Waals surface area contributed by atoms with Crippen LogP contribution >= 0.6 is 7.82 Å². The molecule has 0 spiro atoms. The minimum atomic E-state index is -4.57. The molecule has 69 heavy (non-hydrogen) atoms. The standard InChI is InChI=1S/C60H113N2O6P/c1-6-8-10-12-14-16-18-20-22-24-25-26-27-28-29-30-31-32-33-34-35-36-37-38-40-42-44-46-48-50-52-54-60(64)61-58(57-68-69(65,66)67-56-55-62(3,4)5)59(63)53-51-49-47-45-43-41-39-23-21-19-17-15-13-11-9-7-2/h8,10,14,16,20,22,25-26,28-29,58-59,63H,6-7,9,11-13,15,17-19,21,23-24,27,30-57H2,1-5H3,(H-,61,64,65,66)/b10-8-,16-14-,22-20-,26-25-,29-28-. The third-order valence-corrected chi connectivity index (χ3v) is 14.0. The lowest BCUT2D eigenvalue weighted by Crippen LogP contribution is -2.46. The smallest absolute Gasteiger partial charge is 0.268 e. The van der Waals surface area contributed by atoms with E-state index in [0.29, 0.717) is 23.9 Å². The number of quaternary nitrogens is 1. The predicted octanol–water partition coefficient (Wildman–Crippen LogP) is 17.1. The number of rotatable bonds is 53. The van der Waals surface area contributed by atoms with Gasteiger partial charge >= 0.3 is 0 Å². The fourth-order valence-corrected chi connectivity index (χ4v) is 9.20. The van der Waals surface area contributed by atoms with E-state index in [0.717, 1.165) is 70.6 Å². The van der Waals surface area contributed by atoms with Crippen molar-refractivity contribution in [3.63, 3.8) is 0 Å². The summed E-state index contributed by atoms with van der Waals surface area (Å²) in [6, 6.07) is -0.802. The molecular weight excluding hydrogens is 876 g/mol. The topological polar surface area (TPSA) is 108 Å². The molecule has 0 aliphatic rings. The third kappa shape index (κ3) is 53.8. The number of phosphoric ester groups is 1. The van der Waals surface area contributed by atoms with Crippen LogP contribution in [-0.4, -0.2) is 68.5 Å². The van der Waals surface area contributed by atoms with Crippen molar-refractivity contribution in [2.45, 2.75) is 276 Å². The van der Waals surface area contributed by atoms with E-state index in [2.05, 4.69) is 79.9 Å². The van der Waals surface area contributed by atoms with Crippen LogP contribution in [0.3, 0.4) is 0 Å². The van der Waals surface area contributed by atoms with Gasteiger partial charge < -0.3 is 28.8 Å². The Labute approximate surface area is 428 Å². The summed E-state index contributed by atoms with van der Waals surface area (Å²) in [7, 11) is 1.31. The van der Waals surface area contributed by atoms with E-state index in [1.54, 1.807) is 0 Å². The zero-order valence-electron chi connectivity index (χ0n) is 46.0. The van der Waals surface area contributed by atoms with Crippen LogP contribution < -0.4 is 10.2 Å². The van der Waals surface area contributed by atoms with Gasteiger partial charge in [-0.25, -0.2) is 0 Å². The van der Waals surface area contributed by atoms with Crippen molar-refractivity contribution in [1.82, 2.24) is 5.32 Å². The molecule has 0 fully saturated rings. The van der Waals surface area contributed by atoms with Gasteiger partial charge in [-0.1, -0.05) is 261 Å². The summed E-state index contributed by atoms with van der Waals surface area (Å²) in [5, 5.41) is 14.0. The van der Waals surface area contributed by atoms with Gasteiger partial charge in [-0.2, -0.15) is 0 Å². The van der Waals surface area contributed by atoms with Crippen LogP contribution in [0.25, 0.3) is 0 Å². The minimum Gasteiger partial charge on any atom is -0.756 e. The summed E-state index contributed by atoms with van der Waals surface area (Å²) in [6.45, 7) is 4.63. The van der Waals surface area contributed by atoms with E-state index in [-0.39, 0.29) is 19.1 Å². The number of carbonyl (C=O) groups excluding carboxylic acids is 1. The van der Waals surface area contributed by atoms with Gasteiger partial charge in [0, 0.05) is 6.42 Å². The van der Waals surface area contributed by atoms with Crippen LogP contribution in [0, 0.1) is 0 Å². The normalized spacial score (nSPS) is 14.4. The van der Waals surface area contributed by atoms with E-state index in [1.807, 2.05) is 21.1 Å². The maximum absolute atomic E-state index is 13.0. The molecule has 0 aliphatic carbocycles. The molecule has 0 radical (unpaired) electrons. The van der Waals surface area contributed by atoms with Gasteiger partial charge in [0.1, 0.15) is 13.2 Å². The molecule has 0 heterocycles. The highest BCUT2D eigenvalue weighted by atomic mass is 31.2. The number of aliphatic hydroxyl groups is 1. The Bertz CT molecular complexity index is 1310. The molecule has 0 rings (SSSR count). The number of hydrogen-bond acceptors (Lipinski definition) is 6. The Morgan fingerprint density at radius 3 is 1.29 bits per heavy atom. The maximum Gasteiger partial charge on any atom is 0.268 e. The number of allylic oxidation sites excluding steroid dienone is 10. The van der Waals surface area contributed by atoms with Crippen LogP contribution in [-0.2, 0) is 18.4 Å². The third-order valence-electron chi connectivity index (χ3n) is 13.0. The predicted molar refractivity (Wildman–Crippen MR) is 297 cm³/mol. The monoisotopic (exact) mass is 989 g/mol. The molecule has 2 N–H and O–H groups in total. The van der Waals surface area contributed by atoms with Crippen molar-refractivity contribution < 1.29 is 32.9 Å². The van der Waals surface area contributed by atoms with Crippen LogP contribution in [0.1, 0.15) is 264 Å². The number of hydrogen-bond donors (Lipinski definition) is 2. The average molecular weight is 990 g/mol. The number of likely N-dealkylation sites (N-methyl/N-ethyl adjacent to an activating group) is 1. The van der Waals surface area contributed by atoms with Gasteiger partial charge in [-0.15, -0.1) is 0 Å². The van der Waals surface area contributed by atoms with Crippen molar-refractivity contribution in [3.8, 4) is 0 Å². The number of carbonyl (C=O) groups is 1. The van der Waals surface area contributed by atoms with Gasteiger partial charge in [0.25, 0.3) is 7.82 Å². The minimum absolute atomic E-state index is 0.0116. The first kappa shape index (κ1) is 67.2. The van der Waals surface area contributed by atoms with Gasteiger partial charge in [-0.3, -0.25) is 9.36 Å². The first-order chi connectivity index (χ1) is 33.5. The van der Waals surface area contributed by atoms with E-state index < -0.39 is 20.0 Å². The molecule has 9 heteroatoms. The maximum atomic E-state index is 13.0. The number of amides is 1. The Morgan fingerprint density at radius 2 is 0.884 bits per heavy atom. The first-order valence-electron chi connectivity index (χ1n) is 29.1. The Hall–Kier alpha value is -1.80. The lowest BCUT2D eigenvalue weighted by Gasteiger charge is -2.30. The number of phosphoric acid groups is 1. The highest BCUT2D eigenvalue weighted by Gasteiger charge is 2.24. The SMILES string of the molecule is CC/C=C\C/C=C\C/C=C\C/C=C\C/C=C\CCCCCCCCCCCCCCCCCC(=O)NC(COP(=O)([O-])OCC[N+](C)(C)C)C(O)CCCCCCCCCCCCCCCCCC. The van der Waals surface area contributed by atoms with Gasteiger partial charge in [0.15, 0.2) is 0 Å². The Balaban J connectivity index is 4.08. The van der Waals surface area contributed by atoms with Gasteiger partial charge in [-0.05, 0) is 57.8 Å². The lowest BCUT2D eigenvalue weighted by atomic mass is 10.0. The van der Waals surface area contributed by atoms with E-state index >= 15 is 0 Å². The summed E-state index contributed by atoms with van der Waals surface area (Å²) in [5.74, 6) is -0.164. The highest BCUT2D eigenvalue weighted by Crippen LogP contribution is 2.38. The van der Waals surface area contributed by atoms with Crippen molar-refractivity contribution in [3.05, 3.63) is 60.8 Å². The second-order valence-electron chi connectivity index (χ2n) is 21.0. The van der Waals surface area contributed by atoms with E-state index in [4.69, 9.17) is 9.05 Å². The molecule has 0 aliphatic heterocycles. The lowest BCUT2D eigenvalue weighted by molar-refractivity contribution is -0.870.